The molecule has 0 saturated carbocycles. The zero-order valence-corrected chi connectivity index (χ0v) is 13.4. The number of Topliss-reactive ketones (excluding diaryl/α,β-unsaturated/α-hetero) is 1. The molecule has 0 radical (unpaired) electrons. The molecule has 6 nitrogen and oxygen atoms in total. The molecule has 0 spiro atoms. The highest BCUT2D eigenvalue weighted by atomic mass is 16.5. The molecule has 2 heterocycles. The van der Waals surface area contributed by atoms with Crippen LogP contribution in [0.25, 0.3) is 10.9 Å². The highest BCUT2D eigenvalue weighted by Crippen LogP contribution is 2.22. The van der Waals surface area contributed by atoms with E-state index in [2.05, 4.69) is 10.3 Å². The Balaban J connectivity index is 1.90. The molecule has 0 atom stereocenters. The van der Waals surface area contributed by atoms with Crippen molar-refractivity contribution < 1.29 is 14.3 Å². The number of hydrogen-bond acceptors (Lipinski definition) is 4. The van der Waals surface area contributed by atoms with Crippen molar-refractivity contribution in [1.29, 1.82) is 0 Å². The summed E-state index contributed by atoms with van der Waals surface area (Å²) in [6.45, 7) is 2.71. The molecule has 0 unspecified atom stereocenters. The van der Waals surface area contributed by atoms with Crippen LogP contribution in [0, 0.1) is 0 Å². The van der Waals surface area contributed by atoms with Gasteiger partial charge in [0.25, 0.3) is 11.7 Å². The molecule has 122 valence electrons. The predicted octanol–water partition coefficient (Wildman–Crippen LogP) is 2.89. The molecule has 1 N–H and O–H groups in total. The molecule has 0 aliphatic heterocycles. The topological polar surface area (TPSA) is 73.2 Å². The number of nitrogens with zero attached hydrogens (tertiary/aromatic N) is 2. The minimum Gasteiger partial charge on any atom is -0.481 e. The number of para-hydroxylation sites is 1. The maximum absolute atomic E-state index is 12.6. The lowest BCUT2D eigenvalue weighted by atomic mass is 10.1. The number of anilines is 1. The molecule has 2 aromatic heterocycles. The first-order valence-corrected chi connectivity index (χ1v) is 7.57. The number of aromatic nitrogens is 2. The van der Waals surface area contributed by atoms with Crippen LogP contribution in [0.1, 0.15) is 17.3 Å². The van der Waals surface area contributed by atoms with Gasteiger partial charge in [-0.1, -0.05) is 18.2 Å². The van der Waals surface area contributed by atoms with Gasteiger partial charge >= 0.3 is 0 Å². The number of carbonyl (C=O) groups is 2. The van der Waals surface area contributed by atoms with Crippen LogP contribution < -0.4 is 10.1 Å². The van der Waals surface area contributed by atoms with E-state index in [1.165, 1.54) is 13.3 Å². The molecule has 6 heteroatoms. The van der Waals surface area contributed by atoms with E-state index in [0.29, 0.717) is 17.1 Å². The summed E-state index contributed by atoms with van der Waals surface area (Å²) in [6.07, 6.45) is 3.22. The molecule has 3 aromatic rings. The Kier molecular flexibility index (Phi) is 4.29. The summed E-state index contributed by atoms with van der Waals surface area (Å²) in [7, 11) is 1.48. The van der Waals surface area contributed by atoms with Gasteiger partial charge in [0.2, 0.25) is 5.88 Å². The minimum atomic E-state index is -0.692. The number of methoxy groups -OCH3 is 1. The average molecular weight is 323 g/mol. The first kappa shape index (κ1) is 15.7. The van der Waals surface area contributed by atoms with Gasteiger partial charge in [-0.3, -0.25) is 9.59 Å². The summed E-state index contributed by atoms with van der Waals surface area (Å²) >= 11 is 0. The van der Waals surface area contributed by atoms with Gasteiger partial charge < -0.3 is 14.6 Å². The quantitative estimate of drug-likeness (QED) is 0.579. The maximum atomic E-state index is 12.6. The Hall–Kier alpha value is -3.15. The number of rotatable bonds is 5. The summed E-state index contributed by atoms with van der Waals surface area (Å²) in [5.74, 6) is -0.903. The maximum Gasteiger partial charge on any atom is 0.296 e. The molecule has 24 heavy (non-hydrogen) atoms. The number of fused-ring (bicyclic) bond motifs is 1. The summed E-state index contributed by atoms with van der Waals surface area (Å²) < 4.78 is 6.96. The van der Waals surface area contributed by atoms with E-state index in [9.17, 15) is 9.59 Å². The Morgan fingerprint density at radius 1 is 1.25 bits per heavy atom. The number of ether oxygens (including phenoxy) is 1. The monoisotopic (exact) mass is 323 g/mol. The van der Waals surface area contributed by atoms with Gasteiger partial charge in [-0.2, -0.15) is 0 Å². The van der Waals surface area contributed by atoms with Gasteiger partial charge in [0.05, 0.1) is 12.7 Å². The fraction of sp³-hybridized carbons (Fsp3) is 0.167. The highest BCUT2D eigenvalue weighted by molar-refractivity contribution is 6.48. The molecule has 0 fully saturated rings. The number of nitrogens with one attached hydrogen (secondary N) is 1. The molecule has 0 bridgehead atoms. The molecular formula is C18H17N3O3. The number of benzene rings is 1. The normalized spacial score (nSPS) is 10.6. The highest BCUT2D eigenvalue weighted by Gasteiger charge is 2.21. The van der Waals surface area contributed by atoms with E-state index in [4.69, 9.17) is 4.74 Å². The van der Waals surface area contributed by atoms with Crippen LogP contribution in [0.15, 0.2) is 48.8 Å². The van der Waals surface area contributed by atoms with E-state index in [1.807, 2.05) is 35.8 Å². The van der Waals surface area contributed by atoms with Crippen LogP contribution in [0.5, 0.6) is 5.88 Å². The third-order valence-corrected chi connectivity index (χ3v) is 3.78. The Morgan fingerprint density at radius 3 is 2.79 bits per heavy atom. The van der Waals surface area contributed by atoms with Crippen molar-refractivity contribution in [2.45, 2.75) is 13.5 Å². The predicted molar refractivity (Wildman–Crippen MR) is 91.4 cm³/mol. The first-order chi connectivity index (χ1) is 11.6. The van der Waals surface area contributed by atoms with Crippen LogP contribution in [-0.2, 0) is 11.3 Å². The van der Waals surface area contributed by atoms with Crippen LogP contribution in [0.2, 0.25) is 0 Å². The first-order valence-electron chi connectivity index (χ1n) is 7.57. The van der Waals surface area contributed by atoms with Gasteiger partial charge in [-0.25, -0.2) is 4.98 Å². The SMILES string of the molecule is CCn1cc(C(=O)C(=O)Nc2ccnc(OC)c2)c2ccccc21. The van der Waals surface area contributed by atoms with Gasteiger partial charge in [-0.05, 0) is 19.1 Å². The van der Waals surface area contributed by atoms with E-state index >= 15 is 0 Å². The van der Waals surface area contributed by atoms with Gasteiger partial charge in [0.15, 0.2) is 0 Å². The number of pyridine rings is 1. The van der Waals surface area contributed by atoms with Crippen LogP contribution in [-0.4, -0.2) is 28.4 Å². The fourth-order valence-electron chi connectivity index (χ4n) is 2.60. The third-order valence-electron chi connectivity index (χ3n) is 3.78. The molecule has 1 aromatic carbocycles. The van der Waals surface area contributed by atoms with Gasteiger partial charge in [-0.15, -0.1) is 0 Å². The number of carbonyl (C=O) groups excluding carboxylic acids is 2. The molecule has 0 saturated heterocycles. The lowest BCUT2D eigenvalue weighted by Gasteiger charge is -2.05. The fourth-order valence-corrected chi connectivity index (χ4v) is 2.60. The van der Waals surface area contributed by atoms with Crippen molar-refractivity contribution in [3.8, 4) is 5.88 Å². The largest absolute Gasteiger partial charge is 0.481 e. The second kappa shape index (κ2) is 6.54. The molecule has 3 rings (SSSR count). The van der Waals surface area contributed by atoms with Crippen molar-refractivity contribution in [2.75, 3.05) is 12.4 Å². The Morgan fingerprint density at radius 2 is 2.04 bits per heavy atom. The lowest BCUT2D eigenvalue weighted by molar-refractivity contribution is -0.112. The van der Waals surface area contributed by atoms with Crippen molar-refractivity contribution >= 4 is 28.3 Å². The third kappa shape index (κ3) is 2.86. The standard InChI is InChI=1S/C18H17N3O3/c1-3-21-11-14(13-6-4-5-7-15(13)21)17(22)18(23)20-12-8-9-19-16(10-12)24-2/h4-11H,3H2,1-2H3,(H,19,20,23). The molecule has 0 aliphatic rings. The van der Waals surface area contributed by atoms with Crippen molar-refractivity contribution in [3.05, 3.63) is 54.4 Å². The van der Waals surface area contributed by atoms with E-state index in [1.54, 1.807) is 18.3 Å². The Labute approximate surface area is 139 Å². The smallest absolute Gasteiger partial charge is 0.296 e. The lowest BCUT2D eigenvalue weighted by Crippen LogP contribution is -2.22. The Bertz CT molecular complexity index is 915. The van der Waals surface area contributed by atoms with Gasteiger partial charge in [0.1, 0.15) is 0 Å². The minimum absolute atomic E-state index is 0.364. The zero-order chi connectivity index (χ0) is 17.1. The van der Waals surface area contributed by atoms with Gasteiger partial charge in [0, 0.05) is 41.6 Å². The number of aryl methyl sites for hydroxylation is 1. The van der Waals surface area contributed by atoms with E-state index in [0.717, 1.165) is 17.4 Å². The number of ketones is 1. The van der Waals surface area contributed by atoms with Crippen molar-refractivity contribution in [1.82, 2.24) is 9.55 Å². The van der Waals surface area contributed by atoms with Crippen molar-refractivity contribution in [2.24, 2.45) is 0 Å². The molecule has 0 aliphatic carbocycles. The second-order valence-electron chi connectivity index (χ2n) is 5.22. The average Bonchev–Trinajstić information content (AvgIpc) is 3.00. The van der Waals surface area contributed by atoms with E-state index < -0.39 is 11.7 Å². The summed E-state index contributed by atoms with van der Waals surface area (Å²) in [5.41, 5.74) is 1.78. The summed E-state index contributed by atoms with van der Waals surface area (Å²) in [6, 6.07) is 10.7. The van der Waals surface area contributed by atoms with E-state index in [-0.39, 0.29) is 0 Å². The summed E-state index contributed by atoms with van der Waals surface area (Å²) in [4.78, 5) is 28.9. The number of hydrogen-bond donors (Lipinski definition) is 1. The number of amides is 1. The molecule has 1 amide bonds. The molecular weight excluding hydrogens is 306 g/mol. The van der Waals surface area contributed by atoms with Crippen molar-refractivity contribution in [3.63, 3.8) is 0 Å². The summed E-state index contributed by atoms with van der Waals surface area (Å²) in [5, 5.41) is 3.36. The zero-order valence-electron chi connectivity index (χ0n) is 13.4. The van der Waals surface area contributed by atoms with Crippen LogP contribution in [0.4, 0.5) is 5.69 Å². The van der Waals surface area contributed by atoms with Crippen LogP contribution >= 0.6 is 0 Å². The van der Waals surface area contributed by atoms with Crippen LogP contribution in [0.3, 0.4) is 0 Å². The second-order valence-corrected chi connectivity index (χ2v) is 5.22.